The largest absolute Gasteiger partial charge is 0.401 e. The molecule has 5 rings (SSSR count). The van der Waals surface area contributed by atoms with Crippen LogP contribution in [0.15, 0.2) is 35.5 Å². The number of ether oxygens (including phenoxy) is 1. The van der Waals surface area contributed by atoms with Crippen LogP contribution in [0.3, 0.4) is 0 Å². The molecule has 0 saturated carbocycles. The van der Waals surface area contributed by atoms with Gasteiger partial charge in [-0.3, -0.25) is 19.5 Å². The third-order valence-electron chi connectivity index (χ3n) is 6.54. The molecule has 4 heterocycles. The first kappa shape index (κ1) is 22.1. The van der Waals surface area contributed by atoms with Crippen LogP contribution in [0.1, 0.15) is 23.7 Å². The number of carbonyl (C=O) groups excluding carboxylic acids is 2. The van der Waals surface area contributed by atoms with E-state index in [2.05, 4.69) is 9.47 Å². The minimum absolute atomic E-state index is 0.193. The zero-order chi connectivity index (χ0) is 23.1. The van der Waals surface area contributed by atoms with Gasteiger partial charge >= 0.3 is 12.0 Å². The number of likely N-dealkylation sites (N-methyl/N-ethyl adjacent to an activating group) is 1. The smallest absolute Gasteiger partial charge is 0.379 e. The molecule has 2 fully saturated rings. The molecule has 1 unspecified atom stereocenters. The second-order valence-electron chi connectivity index (χ2n) is 8.70. The van der Waals surface area contributed by atoms with Crippen LogP contribution in [-0.4, -0.2) is 76.9 Å². The van der Waals surface area contributed by atoms with Gasteiger partial charge in [0.1, 0.15) is 11.9 Å². The standard InChI is InChI=1S/C23H28ClN6O3/c1-16-14-29-19-20(25-22(29)28(16)9-3-8-27-10-12-33-13-11-27)26(2)23(32)30(21(19)31)15-17-4-6-18(24)7-5-17/h4-7,14,19H,3,8-13,15H2,1-2H3/q+1. The summed E-state index contributed by atoms with van der Waals surface area (Å²) in [7, 11) is 1.68. The number of aliphatic imine (C=N–C) groups is 1. The molecule has 10 heteroatoms. The van der Waals surface area contributed by atoms with Gasteiger partial charge in [0.2, 0.25) is 11.9 Å². The number of imide groups is 1. The van der Waals surface area contributed by atoms with E-state index in [9.17, 15) is 9.59 Å². The second kappa shape index (κ2) is 8.89. The Balaban J connectivity index is 1.36. The third-order valence-corrected chi connectivity index (χ3v) is 6.79. The number of halogens is 1. The van der Waals surface area contributed by atoms with E-state index < -0.39 is 6.04 Å². The summed E-state index contributed by atoms with van der Waals surface area (Å²) in [5.41, 5.74) is 1.89. The van der Waals surface area contributed by atoms with Crippen LogP contribution in [0.4, 0.5) is 10.7 Å². The van der Waals surface area contributed by atoms with Crippen molar-refractivity contribution in [1.82, 2.24) is 19.3 Å². The summed E-state index contributed by atoms with van der Waals surface area (Å²) in [6.45, 7) is 7.53. The van der Waals surface area contributed by atoms with Gasteiger partial charge in [-0.2, -0.15) is 0 Å². The molecule has 3 aliphatic rings. The Labute approximate surface area is 197 Å². The van der Waals surface area contributed by atoms with Crippen LogP contribution < -0.4 is 4.57 Å². The van der Waals surface area contributed by atoms with Crippen molar-refractivity contribution in [3.8, 4) is 0 Å². The number of benzene rings is 1. The van der Waals surface area contributed by atoms with Gasteiger partial charge in [-0.1, -0.05) is 28.7 Å². The molecule has 3 amide bonds. The lowest BCUT2D eigenvalue weighted by Crippen LogP contribution is -2.62. The number of aromatic nitrogens is 2. The van der Waals surface area contributed by atoms with Crippen molar-refractivity contribution in [1.29, 1.82) is 0 Å². The van der Waals surface area contributed by atoms with E-state index in [1.807, 2.05) is 29.8 Å². The van der Waals surface area contributed by atoms with E-state index in [-0.39, 0.29) is 18.5 Å². The molecule has 3 aliphatic heterocycles. The van der Waals surface area contributed by atoms with E-state index >= 15 is 0 Å². The van der Waals surface area contributed by atoms with E-state index in [0.717, 1.165) is 63.0 Å². The SMILES string of the molecule is Cc1c[n+]2c(n1CCCN1CCOCC1)N=C1C2C(=O)N(Cc2ccc(Cl)cc2)C(=O)N1C. The number of fused-ring (bicyclic) bond motifs is 3. The number of carbonyl (C=O) groups is 2. The number of imidazole rings is 1. The molecule has 0 N–H and O–H groups in total. The Kier molecular flexibility index (Phi) is 5.94. The number of nitrogens with zero attached hydrogens (tertiary/aromatic N) is 6. The number of aryl methyl sites for hydroxylation is 1. The molecule has 1 aromatic heterocycles. The van der Waals surface area contributed by atoms with Crippen molar-refractivity contribution in [2.45, 2.75) is 32.5 Å². The van der Waals surface area contributed by atoms with Gasteiger partial charge in [0.05, 0.1) is 26.3 Å². The molecule has 33 heavy (non-hydrogen) atoms. The summed E-state index contributed by atoms with van der Waals surface area (Å²) in [6, 6.07) is 6.18. The summed E-state index contributed by atoms with van der Waals surface area (Å²) in [5.74, 6) is 0.936. The van der Waals surface area contributed by atoms with Crippen molar-refractivity contribution in [3.63, 3.8) is 0 Å². The summed E-state index contributed by atoms with van der Waals surface area (Å²) in [6.07, 6.45) is 2.94. The molecule has 2 saturated heterocycles. The molecule has 1 aromatic carbocycles. The fourth-order valence-electron chi connectivity index (χ4n) is 4.70. The Bertz CT molecular complexity index is 1110. The van der Waals surface area contributed by atoms with Crippen LogP contribution >= 0.6 is 11.6 Å². The number of hydrogen-bond acceptors (Lipinski definition) is 5. The van der Waals surface area contributed by atoms with E-state index in [4.69, 9.17) is 21.3 Å². The van der Waals surface area contributed by atoms with Gasteiger partial charge in [-0.15, -0.1) is 0 Å². The number of rotatable bonds is 6. The van der Waals surface area contributed by atoms with E-state index in [0.29, 0.717) is 10.9 Å². The lowest BCUT2D eigenvalue weighted by atomic mass is 10.1. The van der Waals surface area contributed by atoms with Crippen molar-refractivity contribution >= 4 is 35.3 Å². The molecule has 1 atom stereocenters. The minimum Gasteiger partial charge on any atom is -0.379 e. The number of amides is 3. The molecule has 0 spiro atoms. The maximum absolute atomic E-state index is 13.5. The lowest BCUT2D eigenvalue weighted by molar-refractivity contribution is -0.677. The van der Waals surface area contributed by atoms with Gasteiger partial charge < -0.3 is 4.74 Å². The zero-order valence-corrected chi connectivity index (χ0v) is 19.7. The Hall–Kier alpha value is -2.75. The maximum Gasteiger partial charge on any atom is 0.401 e. The average molecular weight is 472 g/mol. The molecule has 0 aliphatic carbocycles. The Morgan fingerprint density at radius 1 is 1.15 bits per heavy atom. The summed E-state index contributed by atoms with van der Waals surface area (Å²) in [5, 5.41) is 0.614. The molecule has 2 aromatic rings. The monoisotopic (exact) mass is 471 g/mol. The van der Waals surface area contributed by atoms with Crippen LogP contribution in [0.2, 0.25) is 5.02 Å². The molecule has 9 nitrogen and oxygen atoms in total. The van der Waals surface area contributed by atoms with Crippen molar-refractivity contribution in [2.24, 2.45) is 4.99 Å². The normalized spacial score (nSPS) is 20.8. The van der Waals surface area contributed by atoms with Crippen LogP contribution in [0.25, 0.3) is 0 Å². The fourth-order valence-corrected chi connectivity index (χ4v) is 4.83. The van der Waals surface area contributed by atoms with Crippen molar-refractivity contribution in [2.75, 3.05) is 39.9 Å². The van der Waals surface area contributed by atoms with Gasteiger partial charge in [-0.05, 0) is 31.0 Å². The van der Waals surface area contributed by atoms with Gasteiger partial charge in [-0.25, -0.2) is 13.9 Å². The summed E-state index contributed by atoms with van der Waals surface area (Å²) >= 11 is 5.98. The average Bonchev–Trinajstić information content (AvgIpc) is 3.33. The highest BCUT2D eigenvalue weighted by Crippen LogP contribution is 2.30. The first-order chi connectivity index (χ1) is 15.9. The van der Waals surface area contributed by atoms with Gasteiger partial charge in [0.15, 0.2) is 0 Å². The summed E-state index contributed by atoms with van der Waals surface area (Å²) < 4.78 is 9.47. The predicted molar refractivity (Wildman–Crippen MR) is 123 cm³/mol. The second-order valence-corrected chi connectivity index (χ2v) is 9.14. The van der Waals surface area contributed by atoms with Crippen LogP contribution in [0, 0.1) is 6.92 Å². The summed E-state index contributed by atoms with van der Waals surface area (Å²) in [4.78, 5) is 36.4. The maximum atomic E-state index is 13.5. The van der Waals surface area contributed by atoms with Gasteiger partial charge in [0.25, 0.3) is 5.91 Å². The third kappa shape index (κ3) is 4.05. The number of morpholine rings is 1. The van der Waals surface area contributed by atoms with Gasteiger partial charge in [0, 0.05) is 31.7 Å². The van der Waals surface area contributed by atoms with Crippen molar-refractivity contribution in [3.05, 3.63) is 46.7 Å². The topological polar surface area (TPSA) is 74.3 Å². The van der Waals surface area contributed by atoms with Crippen LogP contribution in [0.5, 0.6) is 0 Å². The number of urea groups is 1. The highest BCUT2D eigenvalue weighted by Gasteiger charge is 2.53. The van der Waals surface area contributed by atoms with Crippen molar-refractivity contribution < 1.29 is 18.9 Å². The first-order valence-electron chi connectivity index (χ1n) is 11.3. The molecule has 0 radical (unpaired) electrons. The van der Waals surface area contributed by atoms with Crippen LogP contribution in [-0.2, 0) is 22.6 Å². The first-order valence-corrected chi connectivity index (χ1v) is 11.7. The highest BCUT2D eigenvalue weighted by atomic mass is 35.5. The Morgan fingerprint density at radius 2 is 1.88 bits per heavy atom. The predicted octanol–water partition coefficient (Wildman–Crippen LogP) is 2.14. The van der Waals surface area contributed by atoms with E-state index in [1.165, 1.54) is 9.80 Å². The molecule has 0 bridgehead atoms. The minimum atomic E-state index is -0.630. The molecule has 174 valence electrons. The molecular formula is C23H28ClN6O3+. The lowest BCUT2D eigenvalue weighted by Gasteiger charge is -2.33. The number of amidine groups is 1. The Morgan fingerprint density at radius 3 is 2.61 bits per heavy atom. The quantitative estimate of drug-likeness (QED) is 0.605. The molecular weight excluding hydrogens is 444 g/mol. The van der Waals surface area contributed by atoms with E-state index in [1.54, 1.807) is 19.2 Å². The zero-order valence-electron chi connectivity index (χ0n) is 18.9. The fraction of sp³-hybridized carbons (Fsp3) is 0.478. The highest BCUT2D eigenvalue weighted by molar-refractivity contribution is 6.30. The number of hydrogen-bond donors (Lipinski definition) is 0.